The quantitative estimate of drug-likeness (QED) is 0.722. The van der Waals surface area contributed by atoms with Gasteiger partial charge in [0, 0.05) is 11.1 Å². The van der Waals surface area contributed by atoms with Crippen molar-refractivity contribution in [2.75, 3.05) is 0 Å². The zero-order chi connectivity index (χ0) is 8.27. The van der Waals surface area contributed by atoms with E-state index in [1.165, 1.54) is 5.56 Å². The summed E-state index contributed by atoms with van der Waals surface area (Å²) in [4.78, 5) is 0. The van der Waals surface area contributed by atoms with Gasteiger partial charge in [-0.2, -0.15) is 0 Å². The summed E-state index contributed by atoms with van der Waals surface area (Å²) < 4.78 is 0. The molecule has 0 saturated carbocycles. The Morgan fingerprint density at radius 2 is 1.91 bits per heavy atom. The molecule has 2 N–H and O–H groups in total. The molecule has 0 unspecified atom stereocenters. The Hall–Kier alpha value is -0.530. The molecular weight excluding hydrogens is 158 g/mol. The molecule has 0 aliphatic rings. The van der Waals surface area contributed by atoms with E-state index in [1.807, 2.05) is 31.2 Å². The van der Waals surface area contributed by atoms with E-state index in [-0.39, 0.29) is 6.04 Å². The summed E-state index contributed by atoms with van der Waals surface area (Å²) in [5.41, 5.74) is 6.87. The van der Waals surface area contributed by atoms with Crippen LogP contribution < -0.4 is 5.73 Å². The van der Waals surface area contributed by atoms with Crippen molar-refractivity contribution in [2.45, 2.75) is 19.4 Å². The van der Waals surface area contributed by atoms with Gasteiger partial charge in [0.25, 0.3) is 0 Å². The van der Waals surface area contributed by atoms with Gasteiger partial charge in [-0.15, -0.1) is 0 Å². The van der Waals surface area contributed by atoms with Crippen LogP contribution in [0.15, 0.2) is 24.3 Å². The third-order valence-corrected chi connectivity index (χ3v) is 1.72. The van der Waals surface area contributed by atoms with Crippen molar-refractivity contribution < 1.29 is 0 Å². The van der Waals surface area contributed by atoms with Gasteiger partial charge in [-0.05, 0) is 31.0 Å². The molecule has 60 valence electrons. The third kappa shape index (κ3) is 2.91. The Morgan fingerprint density at radius 3 is 2.36 bits per heavy atom. The van der Waals surface area contributed by atoms with Crippen molar-refractivity contribution in [3.63, 3.8) is 0 Å². The van der Waals surface area contributed by atoms with E-state index in [2.05, 4.69) is 0 Å². The Kier molecular flexibility index (Phi) is 2.92. The summed E-state index contributed by atoms with van der Waals surface area (Å²) in [5.74, 6) is 0. The summed E-state index contributed by atoms with van der Waals surface area (Å²) in [7, 11) is 0. The first-order chi connectivity index (χ1) is 5.18. The fraction of sp³-hybridized carbons (Fsp3) is 0.333. The highest BCUT2D eigenvalue weighted by molar-refractivity contribution is 6.30. The maximum absolute atomic E-state index is 5.72. The van der Waals surface area contributed by atoms with Crippen LogP contribution >= 0.6 is 11.6 Å². The van der Waals surface area contributed by atoms with Gasteiger partial charge in [0.2, 0.25) is 0 Å². The first kappa shape index (κ1) is 8.57. The van der Waals surface area contributed by atoms with E-state index >= 15 is 0 Å². The van der Waals surface area contributed by atoms with Crippen LogP contribution in [0.2, 0.25) is 5.02 Å². The SMILES string of the molecule is C[C@@H](N)Cc1ccc(Cl)cc1. The van der Waals surface area contributed by atoms with Gasteiger partial charge in [0.15, 0.2) is 0 Å². The number of rotatable bonds is 2. The zero-order valence-corrected chi connectivity index (χ0v) is 7.31. The second-order valence-electron chi connectivity index (χ2n) is 2.81. The highest BCUT2D eigenvalue weighted by atomic mass is 35.5. The Morgan fingerprint density at radius 1 is 1.36 bits per heavy atom. The molecule has 0 bridgehead atoms. The molecule has 1 aromatic carbocycles. The molecule has 2 heteroatoms. The van der Waals surface area contributed by atoms with Crippen LogP contribution in [0.25, 0.3) is 0 Å². The number of hydrogen-bond donors (Lipinski definition) is 1. The monoisotopic (exact) mass is 169 g/mol. The van der Waals surface area contributed by atoms with E-state index in [4.69, 9.17) is 17.3 Å². The van der Waals surface area contributed by atoms with Gasteiger partial charge in [-0.3, -0.25) is 0 Å². The predicted octanol–water partition coefficient (Wildman–Crippen LogP) is 2.23. The topological polar surface area (TPSA) is 26.0 Å². The second kappa shape index (κ2) is 3.74. The van der Waals surface area contributed by atoms with Gasteiger partial charge in [0.05, 0.1) is 0 Å². The van der Waals surface area contributed by atoms with Crippen LogP contribution in [0, 0.1) is 0 Å². The maximum Gasteiger partial charge on any atom is 0.0406 e. The average Bonchev–Trinajstić information content (AvgIpc) is 1.93. The smallest absolute Gasteiger partial charge is 0.0406 e. The summed E-state index contributed by atoms with van der Waals surface area (Å²) in [6.45, 7) is 1.99. The van der Waals surface area contributed by atoms with Crippen LogP contribution in [0.5, 0.6) is 0 Å². The Balaban J connectivity index is 2.66. The van der Waals surface area contributed by atoms with Gasteiger partial charge in [0.1, 0.15) is 0 Å². The van der Waals surface area contributed by atoms with Crippen LogP contribution in [-0.4, -0.2) is 6.04 Å². The molecule has 0 amide bonds. The molecule has 0 aliphatic carbocycles. The fourth-order valence-corrected chi connectivity index (χ4v) is 1.12. The molecule has 0 radical (unpaired) electrons. The number of hydrogen-bond acceptors (Lipinski definition) is 1. The highest BCUT2D eigenvalue weighted by Crippen LogP contribution is 2.10. The lowest BCUT2D eigenvalue weighted by atomic mass is 10.1. The predicted molar refractivity (Wildman–Crippen MR) is 48.8 cm³/mol. The average molecular weight is 170 g/mol. The standard InChI is InChI=1S/C9H12ClN/c1-7(11)6-8-2-4-9(10)5-3-8/h2-5,7H,6,11H2,1H3/t7-/m1/s1. The van der Waals surface area contributed by atoms with Crippen LogP contribution in [0.4, 0.5) is 0 Å². The van der Waals surface area contributed by atoms with E-state index in [9.17, 15) is 0 Å². The molecular formula is C9H12ClN. The van der Waals surface area contributed by atoms with Crippen molar-refractivity contribution in [1.29, 1.82) is 0 Å². The molecule has 1 rings (SSSR count). The van der Waals surface area contributed by atoms with Gasteiger partial charge >= 0.3 is 0 Å². The lowest BCUT2D eigenvalue weighted by Gasteiger charge is -2.03. The van der Waals surface area contributed by atoms with Crippen LogP contribution in [-0.2, 0) is 6.42 Å². The summed E-state index contributed by atoms with van der Waals surface area (Å²) in [5, 5.41) is 0.776. The van der Waals surface area contributed by atoms with Crippen molar-refractivity contribution in [3.8, 4) is 0 Å². The lowest BCUT2D eigenvalue weighted by Crippen LogP contribution is -2.17. The molecule has 0 spiro atoms. The van der Waals surface area contributed by atoms with Crippen molar-refractivity contribution >= 4 is 11.6 Å². The van der Waals surface area contributed by atoms with E-state index in [1.54, 1.807) is 0 Å². The Bertz CT molecular complexity index is 216. The zero-order valence-electron chi connectivity index (χ0n) is 6.55. The molecule has 1 atom stereocenters. The van der Waals surface area contributed by atoms with E-state index in [0.29, 0.717) is 0 Å². The minimum absolute atomic E-state index is 0.219. The first-order valence-corrected chi connectivity index (χ1v) is 4.06. The molecule has 0 saturated heterocycles. The van der Waals surface area contributed by atoms with Gasteiger partial charge < -0.3 is 5.73 Å². The summed E-state index contributed by atoms with van der Waals surface area (Å²) >= 11 is 5.72. The molecule has 11 heavy (non-hydrogen) atoms. The maximum atomic E-state index is 5.72. The minimum atomic E-state index is 0.219. The minimum Gasteiger partial charge on any atom is -0.328 e. The lowest BCUT2D eigenvalue weighted by molar-refractivity contribution is 0.738. The van der Waals surface area contributed by atoms with Crippen LogP contribution in [0.1, 0.15) is 12.5 Å². The molecule has 0 fully saturated rings. The fourth-order valence-electron chi connectivity index (χ4n) is 0.992. The number of benzene rings is 1. The van der Waals surface area contributed by atoms with Crippen molar-refractivity contribution in [1.82, 2.24) is 0 Å². The van der Waals surface area contributed by atoms with Crippen molar-refractivity contribution in [2.24, 2.45) is 5.73 Å². The van der Waals surface area contributed by atoms with Crippen molar-refractivity contribution in [3.05, 3.63) is 34.9 Å². The van der Waals surface area contributed by atoms with E-state index in [0.717, 1.165) is 11.4 Å². The second-order valence-corrected chi connectivity index (χ2v) is 3.24. The highest BCUT2D eigenvalue weighted by Gasteiger charge is 1.96. The number of nitrogens with two attached hydrogens (primary N) is 1. The molecule has 0 heterocycles. The Labute approximate surface area is 72.2 Å². The third-order valence-electron chi connectivity index (χ3n) is 1.47. The number of halogens is 1. The molecule has 0 aliphatic heterocycles. The molecule has 0 aromatic heterocycles. The normalized spacial score (nSPS) is 13.0. The first-order valence-electron chi connectivity index (χ1n) is 3.68. The van der Waals surface area contributed by atoms with Crippen LogP contribution in [0.3, 0.4) is 0 Å². The largest absolute Gasteiger partial charge is 0.328 e. The molecule has 1 aromatic rings. The molecule has 1 nitrogen and oxygen atoms in total. The van der Waals surface area contributed by atoms with Gasteiger partial charge in [-0.1, -0.05) is 23.7 Å². The van der Waals surface area contributed by atoms with Gasteiger partial charge in [-0.25, -0.2) is 0 Å². The van der Waals surface area contributed by atoms with E-state index < -0.39 is 0 Å². The summed E-state index contributed by atoms with van der Waals surface area (Å²) in [6.07, 6.45) is 0.914. The summed E-state index contributed by atoms with van der Waals surface area (Å²) in [6, 6.07) is 8.01.